The quantitative estimate of drug-likeness (QED) is 0.127. The van der Waals surface area contributed by atoms with Crippen molar-refractivity contribution in [3.63, 3.8) is 0 Å². The molecule has 1 aliphatic carbocycles. The number of benzene rings is 1. The third kappa shape index (κ3) is 6.12. The second-order valence-electron chi connectivity index (χ2n) is 10.2. The van der Waals surface area contributed by atoms with Crippen molar-refractivity contribution in [3.05, 3.63) is 88.5 Å². The average molecular weight is 516 g/mol. The zero-order chi connectivity index (χ0) is 26.6. The molecular formula is C31H41N5S. The van der Waals surface area contributed by atoms with E-state index in [1.54, 1.807) is 11.8 Å². The Morgan fingerprint density at radius 1 is 1.14 bits per heavy atom. The molecule has 1 aromatic heterocycles. The van der Waals surface area contributed by atoms with Crippen molar-refractivity contribution in [3.8, 4) is 0 Å². The van der Waals surface area contributed by atoms with Gasteiger partial charge in [0.05, 0.1) is 5.54 Å². The van der Waals surface area contributed by atoms with E-state index in [4.69, 9.17) is 10.1 Å². The summed E-state index contributed by atoms with van der Waals surface area (Å²) in [7, 11) is 2.06. The maximum atomic E-state index is 5.24. The number of pyridine rings is 1. The van der Waals surface area contributed by atoms with Crippen LogP contribution in [-0.2, 0) is 0 Å². The minimum Gasteiger partial charge on any atom is -0.352 e. The number of anilines is 1. The van der Waals surface area contributed by atoms with Gasteiger partial charge in [-0.1, -0.05) is 54.3 Å². The first kappa shape index (κ1) is 27.1. The summed E-state index contributed by atoms with van der Waals surface area (Å²) in [5, 5.41) is 7.29. The normalized spacial score (nSPS) is 18.1. The van der Waals surface area contributed by atoms with Gasteiger partial charge in [0.25, 0.3) is 0 Å². The molecule has 1 saturated heterocycles. The first-order valence-corrected chi connectivity index (χ1v) is 14.1. The summed E-state index contributed by atoms with van der Waals surface area (Å²) in [6.45, 7) is 18.5. The van der Waals surface area contributed by atoms with Crippen LogP contribution < -0.4 is 4.90 Å². The van der Waals surface area contributed by atoms with Gasteiger partial charge >= 0.3 is 0 Å². The molecule has 1 saturated carbocycles. The van der Waals surface area contributed by atoms with Gasteiger partial charge in [-0.25, -0.2) is 4.98 Å². The van der Waals surface area contributed by atoms with Crippen molar-refractivity contribution in [2.24, 2.45) is 5.10 Å². The Morgan fingerprint density at radius 3 is 2.41 bits per heavy atom. The Kier molecular flexibility index (Phi) is 8.48. The van der Waals surface area contributed by atoms with Crippen molar-refractivity contribution < 1.29 is 0 Å². The number of allylic oxidation sites excluding steroid dienone is 3. The van der Waals surface area contributed by atoms with Crippen molar-refractivity contribution >= 4 is 23.4 Å². The second-order valence-corrected chi connectivity index (χ2v) is 11.3. The van der Waals surface area contributed by atoms with E-state index >= 15 is 0 Å². The van der Waals surface area contributed by atoms with Gasteiger partial charge in [0, 0.05) is 54.8 Å². The van der Waals surface area contributed by atoms with Crippen LogP contribution >= 0.6 is 11.8 Å². The van der Waals surface area contributed by atoms with Gasteiger partial charge in [0.1, 0.15) is 5.82 Å². The van der Waals surface area contributed by atoms with E-state index in [-0.39, 0.29) is 5.54 Å². The molecular weight excluding hydrogens is 474 g/mol. The molecule has 2 fully saturated rings. The monoisotopic (exact) mass is 515 g/mol. The molecule has 4 rings (SSSR count). The maximum absolute atomic E-state index is 5.24. The molecule has 1 spiro atoms. The van der Waals surface area contributed by atoms with E-state index in [9.17, 15) is 0 Å². The van der Waals surface area contributed by atoms with Crippen molar-refractivity contribution in [1.29, 1.82) is 0 Å². The van der Waals surface area contributed by atoms with Gasteiger partial charge in [-0.05, 0) is 76.8 Å². The van der Waals surface area contributed by atoms with E-state index in [1.807, 2.05) is 12.3 Å². The van der Waals surface area contributed by atoms with Gasteiger partial charge in [0.2, 0.25) is 0 Å². The largest absolute Gasteiger partial charge is 0.352 e. The van der Waals surface area contributed by atoms with Crippen molar-refractivity contribution in [2.45, 2.75) is 57.9 Å². The second kappa shape index (κ2) is 11.6. The number of piperazine rings is 1. The third-order valence-corrected chi connectivity index (χ3v) is 8.53. The summed E-state index contributed by atoms with van der Waals surface area (Å²) >= 11 is 1.80. The number of aryl methyl sites for hydroxylation is 2. The lowest BCUT2D eigenvalue weighted by Gasteiger charge is -2.45. The van der Waals surface area contributed by atoms with E-state index in [0.717, 1.165) is 43.4 Å². The smallest absolute Gasteiger partial charge is 0.157 e. The summed E-state index contributed by atoms with van der Waals surface area (Å²) in [6.07, 6.45) is 8.50. The summed E-state index contributed by atoms with van der Waals surface area (Å²) < 4.78 is 0. The Morgan fingerprint density at radius 2 is 1.84 bits per heavy atom. The summed E-state index contributed by atoms with van der Waals surface area (Å²) in [6, 6.07) is 13.1. The lowest BCUT2D eigenvalue weighted by Crippen LogP contribution is -2.58. The molecule has 1 aromatic carbocycles. The fourth-order valence-corrected chi connectivity index (χ4v) is 5.76. The molecule has 0 amide bonds. The predicted molar refractivity (Wildman–Crippen MR) is 159 cm³/mol. The van der Waals surface area contributed by atoms with Gasteiger partial charge in [0.15, 0.2) is 5.84 Å². The molecule has 196 valence electrons. The highest BCUT2D eigenvalue weighted by Gasteiger charge is 2.53. The number of thioether (sulfide) groups is 1. The van der Waals surface area contributed by atoms with Crippen LogP contribution in [0.25, 0.3) is 0 Å². The van der Waals surface area contributed by atoms with Crippen LogP contribution in [0, 0.1) is 13.8 Å². The van der Waals surface area contributed by atoms with Crippen LogP contribution in [0.5, 0.6) is 0 Å². The van der Waals surface area contributed by atoms with Crippen LogP contribution in [0.1, 0.15) is 44.7 Å². The molecule has 2 aliphatic rings. The molecule has 5 nitrogen and oxygen atoms in total. The third-order valence-electron chi connectivity index (χ3n) is 7.36. The Hall–Kier alpha value is -2.99. The van der Waals surface area contributed by atoms with Crippen LogP contribution in [0.2, 0.25) is 0 Å². The maximum Gasteiger partial charge on any atom is 0.157 e. The summed E-state index contributed by atoms with van der Waals surface area (Å²) in [4.78, 5) is 12.2. The highest BCUT2D eigenvalue weighted by Crippen LogP contribution is 2.47. The minimum absolute atomic E-state index is 0.0817. The standard InChI is InChI=1S/C31H41N5S/c1-8-25(6)29(27(9-2)37-26-14-11-23(4)12-15-26)30(33-34(7)10-3)36-20-19-35(22-31(36)17-18-31)28-16-13-24(5)21-32-28/h8-9,11-16,21H,1,10,17-20,22H2,2-7H3/b27-9+,29-25+,33-30+. The van der Waals surface area contributed by atoms with Crippen molar-refractivity contribution in [2.75, 3.05) is 38.1 Å². The van der Waals surface area contributed by atoms with Gasteiger partial charge in [-0.3, -0.25) is 5.01 Å². The number of nitrogens with zero attached hydrogens (tertiary/aromatic N) is 5. The average Bonchev–Trinajstić information content (AvgIpc) is 3.67. The molecule has 0 unspecified atom stereocenters. The first-order chi connectivity index (χ1) is 17.8. The minimum atomic E-state index is 0.0817. The van der Waals surface area contributed by atoms with Crippen LogP contribution in [0.3, 0.4) is 0 Å². The van der Waals surface area contributed by atoms with E-state index in [2.05, 4.69) is 106 Å². The Bertz CT molecular complexity index is 1190. The number of rotatable bonds is 8. The number of hydrogen-bond acceptors (Lipinski definition) is 5. The van der Waals surface area contributed by atoms with E-state index < -0.39 is 0 Å². The molecule has 6 heteroatoms. The molecule has 0 N–H and O–H groups in total. The van der Waals surface area contributed by atoms with Gasteiger partial charge in [-0.2, -0.15) is 5.10 Å². The zero-order valence-electron chi connectivity index (χ0n) is 23.3. The molecule has 2 heterocycles. The van der Waals surface area contributed by atoms with Crippen LogP contribution in [-0.4, -0.2) is 59.5 Å². The van der Waals surface area contributed by atoms with Crippen LogP contribution in [0.15, 0.2) is 87.4 Å². The molecule has 2 aromatic rings. The SMILES string of the molecule is C=C/C(C)=C(C(=C/C)\Sc1ccc(C)cc1)/C(=N\N(C)CC)N1CCN(c2ccc(C)cn2)CC12CC2. The fourth-order valence-electron chi connectivity index (χ4n) is 4.76. The molecule has 1 aliphatic heterocycles. The number of hydrazone groups is 1. The highest BCUT2D eigenvalue weighted by molar-refractivity contribution is 8.03. The summed E-state index contributed by atoms with van der Waals surface area (Å²) in [5.74, 6) is 2.13. The van der Waals surface area contributed by atoms with Crippen LogP contribution in [0.4, 0.5) is 5.82 Å². The van der Waals surface area contributed by atoms with Crippen molar-refractivity contribution in [1.82, 2.24) is 14.9 Å². The Balaban J connectivity index is 1.71. The lowest BCUT2D eigenvalue weighted by atomic mass is 10.0. The van der Waals surface area contributed by atoms with Gasteiger partial charge in [-0.15, -0.1) is 0 Å². The zero-order valence-corrected chi connectivity index (χ0v) is 24.1. The molecule has 0 bridgehead atoms. The predicted octanol–water partition coefficient (Wildman–Crippen LogP) is 6.82. The first-order valence-electron chi connectivity index (χ1n) is 13.3. The summed E-state index contributed by atoms with van der Waals surface area (Å²) in [5.41, 5.74) is 4.87. The topological polar surface area (TPSA) is 35.0 Å². The number of aromatic nitrogens is 1. The molecule has 37 heavy (non-hydrogen) atoms. The molecule has 0 radical (unpaired) electrons. The number of hydrogen-bond donors (Lipinski definition) is 0. The highest BCUT2D eigenvalue weighted by atomic mass is 32.2. The van der Waals surface area contributed by atoms with E-state index in [1.165, 1.54) is 39.3 Å². The van der Waals surface area contributed by atoms with E-state index in [0.29, 0.717) is 0 Å². The molecule has 0 atom stereocenters. The Labute approximate surface area is 227 Å². The lowest BCUT2D eigenvalue weighted by molar-refractivity contribution is 0.250. The van der Waals surface area contributed by atoms with Gasteiger partial charge < -0.3 is 9.80 Å². The fraction of sp³-hybridized carbons (Fsp3) is 0.419. The number of amidine groups is 1.